The summed E-state index contributed by atoms with van der Waals surface area (Å²) in [6.45, 7) is 3.97. The zero-order valence-corrected chi connectivity index (χ0v) is 17.8. The third kappa shape index (κ3) is 3.71. The molecule has 0 fully saturated rings. The first-order valence-electron chi connectivity index (χ1n) is 10.0. The molecule has 0 radical (unpaired) electrons. The van der Waals surface area contributed by atoms with Crippen molar-refractivity contribution in [3.05, 3.63) is 89.5 Å². The third-order valence-electron chi connectivity index (χ3n) is 5.41. The molecular formula is C24H24N2O3S. The van der Waals surface area contributed by atoms with Gasteiger partial charge in [-0.3, -0.25) is 9.10 Å². The Kier molecular flexibility index (Phi) is 5.35. The van der Waals surface area contributed by atoms with Crippen LogP contribution in [0.15, 0.2) is 77.7 Å². The molecule has 0 aliphatic carbocycles. The van der Waals surface area contributed by atoms with Gasteiger partial charge in [0.25, 0.3) is 15.9 Å². The summed E-state index contributed by atoms with van der Waals surface area (Å²) < 4.78 is 27.8. The standard InChI is InChI=1S/C24H24N2O3S/c1-3-18-9-12-21(13-10-18)25-24(27)19-11-14-23-20(16-19)15-17(2)26(23)30(28,29)22-7-5-4-6-8-22/h4-14,16-17H,3,15H2,1-2H3,(H,25,27)/t17-/m1/s1. The molecule has 1 heterocycles. The fourth-order valence-electron chi connectivity index (χ4n) is 3.84. The molecule has 30 heavy (non-hydrogen) atoms. The predicted octanol–water partition coefficient (Wildman–Crippen LogP) is 4.64. The molecule has 1 N–H and O–H groups in total. The van der Waals surface area contributed by atoms with Gasteiger partial charge in [0.2, 0.25) is 0 Å². The number of carbonyl (C=O) groups excluding carboxylic acids is 1. The summed E-state index contributed by atoms with van der Waals surface area (Å²) >= 11 is 0. The average molecular weight is 421 g/mol. The van der Waals surface area contributed by atoms with Crippen LogP contribution in [0.4, 0.5) is 11.4 Å². The number of nitrogens with one attached hydrogen (secondary N) is 1. The van der Waals surface area contributed by atoms with Crippen LogP contribution in [0.5, 0.6) is 0 Å². The lowest BCUT2D eigenvalue weighted by molar-refractivity contribution is 0.102. The van der Waals surface area contributed by atoms with Crippen LogP contribution >= 0.6 is 0 Å². The Balaban J connectivity index is 1.60. The normalized spacial score (nSPS) is 15.7. The van der Waals surface area contributed by atoms with Gasteiger partial charge in [0.05, 0.1) is 10.6 Å². The van der Waals surface area contributed by atoms with Gasteiger partial charge < -0.3 is 5.32 Å². The van der Waals surface area contributed by atoms with Crippen LogP contribution in [-0.4, -0.2) is 20.4 Å². The summed E-state index contributed by atoms with van der Waals surface area (Å²) in [5.74, 6) is -0.209. The Morgan fingerprint density at radius 1 is 1.03 bits per heavy atom. The maximum absolute atomic E-state index is 13.2. The smallest absolute Gasteiger partial charge is 0.264 e. The number of carbonyl (C=O) groups is 1. The van der Waals surface area contributed by atoms with E-state index in [1.165, 1.54) is 9.87 Å². The van der Waals surface area contributed by atoms with E-state index in [1.807, 2.05) is 31.2 Å². The number of sulfonamides is 1. The van der Waals surface area contributed by atoms with E-state index >= 15 is 0 Å². The Morgan fingerprint density at radius 2 is 1.73 bits per heavy atom. The number of hydrogen-bond acceptors (Lipinski definition) is 3. The first-order valence-corrected chi connectivity index (χ1v) is 11.5. The number of nitrogens with zero attached hydrogens (tertiary/aromatic N) is 1. The minimum absolute atomic E-state index is 0.209. The van der Waals surface area contributed by atoms with E-state index in [1.54, 1.807) is 48.5 Å². The predicted molar refractivity (Wildman–Crippen MR) is 119 cm³/mol. The molecule has 0 spiro atoms. The maximum Gasteiger partial charge on any atom is 0.264 e. The van der Waals surface area contributed by atoms with E-state index < -0.39 is 10.0 Å². The van der Waals surface area contributed by atoms with E-state index in [9.17, 15) is 13.2 Å². The highest BCUT2D eigenvalue weighted by molar-refractivity contribution is 7.92. The molecule has 6 heteroatoms. The second-order valence-corrected chi connectivity index (χ2v) is 9.33. The number of aryl methyl sites for hydroxylation is 1. The monoisotopic (exact) mass is 420 g/mol. The number of amides is 1. The fourth-order valence-corrected chi connectivity index (χ4v) is 5.56. The molecule has 0 saturated heterocycles. The number of benzene rings is 3. The van der Waals surface area contributed by atoms with Crippen LogP contribution in [0.1, 0.15) is 35.3 Å². The zero-order chi connectivity index (χ0) is 21.3. The zero-order valence-electron chi connectivity index (χ0n) is 17.0. The molecule has 3 aromatic carbocycles. The molecule has 1 atom stereocenters. The van der Waals surface area contributed by atoms with Gasteiger partial charge in [0, 0.05) is 17.3 Å². The van der Waals surface area contributed by atoms with Crippen LogP contribution in [0.2, 0.25) is 0 Å². The van der Waals surface area contributed by atoms with E-state index in [0.717, 1.165) is 17.7 Å². The summed E-state index contributed by atoms with van der Waals surface area (Å²) in [6, 6.07) is 21.2. The van der Waals surface area contributed by atoms with Crippen LogP contribution in [0.3, 0.4) is 0 Å². The summed E-state index contributed by atoms with van der Waals surface area (Å²) in [6.07, 6.45) is 1.51. The molecule has 1 aliphatic rings. The lowest BCUT2D eigenvalue weighted by Crippen LogP contribution is -2.35. The Hall–Kier alpha value is -3.12. The third-order valence-corrected chi connectivity index (χ3v) is 7.36. The average Bonchev–Trinajstić information content (AvgIpc) is 3.10. The van der Waals surface area contributed by atoms with Gasteiger partial charge in [-0.15, -0.1) is 0 Å². The molecular weight excluding hydrogens is 396 g/mol. The second kappa shape index (κ2) is 7.95. The maximum atomic E-state index is 13.2. The van der Waals surface area contributed by atoms with Crippen LogP contribution in [0.25, 0.3) is 0 Å². The number of rotatable bonds is 5. The molecule has 0 aromatic heterocycles. The largest absolute Gasteiger partial charge is 0.322 e. The Bertz CT molecular complexity index is 1170. The summed E-state index contributed by atoms with van der Waals surface area (Å²) in [5, 5.41) is 2.91. The van der Waals surface area contributed by atoms with Crippen LogP contribution < -0.4 is 9.62 Å². The van der Waals surface area contributed by atoms with Crippen molar-refractivity contribution >= 4 is 27.3 Å². The van der Waals surface area contributed by atoms with Gasteiger partial charge in [-0.25, -0.2) is 8.42 Å². The molecule has 0 saturated carbocycles. The van der Waals surface area contributed by atoms with Crippen molar-refractivity contribution < 1.29 is 13.2 Å². The van der Waals surface area contributed by atoms with Crippen LogP contribution in [-0.2, 0) is 22.9 Å². The van der Waals surface area contributed by atoms with Crippen molar-refractivity contribution in [2.24, 2.45) is 0 Å². The van der Waals surface area contributed by atoms with Gasteiger partial charge in [0.15, 0.2) is 0 Å². The molecule has 4 rings (SSSR count). The molecule has 3 aromatic rings. The highest BCUT2D eigenvalue weighted by Gasteiger charge is 2.36. The molecule has 5 nitrogen and oxygen atoms in total. The minimum atomic E-state index is -3.66. The molecule has 0 unspecified atom stereocenters. The number of anilines is 2. The lowest BCUT2D eigenvalue weighted by Gasteiger charge is -2.24. The van der Waals surface area contributed by atoms with Crippen molar-refractivity contribution in [3.63, 3.8) is 0 Å². The highest BCUT2D eigenvalue weighted by Crippen LogP contribution is 2.37. The van der Waals surface area contributed by atoms with Gasteiger partial charge in [-0.05, 0) is 73.4 Å². The van der Waals surface area contributed by atoms with Gasteiger partial charge in [0.1, 0.15) is 0 Å². The molecule has 1 aliphatic heterocycles. The molecule has 154 valence electrons. The second-order valence-electron chi connectivity index (χ2n) is 7.52. The van der Waals surface area contributed by atoms with Gasteiger partial charge >= 0.3 is 0 Å². The minimum Gasteiger partial charge on any atom is -0.322 e. The first kappa shape index (κ1) is 20.2. The fraction of sp³-hybridized carbons (Fsp3) is 0.208. The van der Waals surface area contributed by atoms with E-state index in [-0.39, 0.29) is 16.8 Å². The van der Waals surface area contributed by atoms with Crippen molar-refractivity contribution in [2.45, 2.75) is 37.6 Å². The number of fused-ring (bicyclic) bond motifs is 1. The summed E-state index contributed by atoms with van der Waals surface area (Å²) in [5.41, 5.74) is 3.95. The van der Waals surface area contributed by atoms with Gasteiger partial charge in [-0.2, -0.15) is 0 Å². The SMILES string of the molecule is CCc1ccc(NC(=O)c2ccc3c(c2)C[C@@H](C)N3S(=O)(=O)c2ccccc2)cc1. The van der Waals surface area contributed by atoms with Crippen molar-refractivity contribution in [1.82, 2.24) is 0 Å². The van der Waals surface area contributed by atoms with E-state index in [2.05, 4.69) is 12.2 Å². The van der Waals surface area contributed by atoms with Gasteiger partial charge in [-0.1, -0.05) is 37.3 Å². The van der Waals surface area contributed by atoms with E-state index in [4.69, 9.17) is 0 Å². The highest BCUT2D eigenvalue weighted by atomic mass is 32.2. The summed E-state index contributed by atoms with van der Waals surface area (Å²) in [4.78, 5) is 13.0. The van der Waals surface area contributed by atoms with Crippen molar-refractivity contribution in [2.75, 3.05) is 9.62 Å². The van der Waals surface area contributed by atoms with Crippen molar-refractivity contribution in [1.29, 1.82) is 0 Å². The van der Waals surface area contributed by atoms with Crippen molar-refractivity contribution in [3.8, 4) is 0 Å². The Labute approximate surface area is 177 Å². The Morgan fingerprint density at radius 3 is 2.40 bits per heavy atom. The molecule has 0 bridgehead atoms. The molecule has 1 amide bonds. The first-order chi connectivity index (χ1) is 14.4. The van der Waals surface area contributed by atoms with E-state index in [0.29, 0.717) is 17.7 Å². The quantitative estimate of drug-likeness (QED) is 0.654. The topological polar surface area (TPSA) is 66.5 Å². The lowest BCUT2D eigenvalue weighted by atomic mass is 10.1. The van der Waals surface area contributed by atoms with Crippen LogP contribution in [0, 0.1) is 0 Å². The summed E-state index contributed by atoms with van der Waals surface area (Å²) in [7, 11) is -3.66. The number of hydrogen-bond donors (Lipinski definition) is 1.